The molecular weight excluding hydrogens is 302 g/mol. The van der Waals surface area contributed by atoms with E-state index >= 15 is 0 Å². The molecule has 5 nitrogen and oxygen atoms in total. The fraction of sp³-hybridized carbons (Fsp3) is 0.211. The Morgan fingerprint density at radius 2 is 2.25 bits per heavy atom. The first-order valence-electron chi connectivity index (χ1n) is 7.66. The van der Waals surface area contributed by atoms with Crippen molar-refractivity contribution in [2.75, 3.05) is 13.2 Å². The molecule has 0 saturated carbocycles. The average molecular weight is 321 g/mol. The van der Waals surface area contributed by atoms with Crippen molar-refractivity contribution >= 4 is 5.91 Å². The highest BCUT2D eigenvalue weighted by Gasteiger charge is 2.16. The number of amides is 1. The van der Waals surface area contributed by atoms with Gasteiger partial charge < -0.3 is 9.64 Å². The van der Waals surface area contributed by atoms with Crippen LogP contribution in [0.1, 0.15) is 28.4 Å². The summed E-state index contributed by atoms with van der Waals surface area (Å²) in [6.07, 6.45) is 3.18. The largest absolute Gasteiger partial charge is 0.478 e. The smallest absolute Gasteiger partial charge is 0.256 e. The van der Waals surface area contributed by atoms with Crippen LogP contribution >= 0.6 is 0 Å². The Morgan fingerprint density at radius 3 is 2.88 bits per heavy atom. The monoisotopic (exact) mass is 321 g/mol. The maximum Gasteiger partial charge on any atom is 0.256 e. The summed E-state index contributed by atoms with van der Waals surface area (Å²) in [6, 6.07) is 12.7. The molecule has 0 aliphatic heterocycles. The van der Waals surface area contributed by atoms with Crippen LogP contribution in [-0.2, 0) is 6.54 Å². The molecule has 0 fully saturated rings. The Morgan fingerprint density at radius 1 is 1.42 bits per heavy atom. The number of nitriles is 1. The molecule has 1 heterocycles. The van der Waals surface area contributed by atoms with Crippen LogP contribution in [0.15, 0.2) is 55.3 Å². The van der Waals surface area contributed by atoms with E-state index in [1.54, 1.807) is 35.2 Å². The van der Waals surface area contributed by atoms with E-state index in [2.05, 4.69) is 17.6 Å². The van der Waals surface area contributed by atoms with Gasteiger partial charge in [0.05, 0.1) is 23.8 Å². The van der Waals surface area contributed by atoms with Gasteiger partial charge in [-0.25, -0.2) is 4.98 Å². The summed E-state index contributed by atoms with van der Waals surface area (Å²) in [6.45, 7) is 6.91. The lowest BCUT2D eigenvalue weighted by molar-refractivity contribution is 0.0762. The van der Waals surface area contributed by atoms with E-state index in [-0.39, 0.29) is 5.91 Å². The molecule has 2 aromatic rings. The summed E-state index contributed by atoms with van der Waals surface area (Å²) in [4.78, 5) is 18.5. The van der Waals surface area contributed by atoms with Gasteiger partial charge >= 0.3 is 0 Å². The third-order valence-electron chi connectivity index (χ3n) is 3.34. The summed E-state index contributed by atoms with van der Waals surface area (Å²) in [5, 5.41) is 8.99. The molecule has 0 N–H and O–H groups in total. The molecular formula is C19H19N3O2. The van der Waals surface area contributed by atoms with Gasteiger partial charge in [-0.05, 0) is 30.7 Å². The van der Waals surface area contributed by atoms with Crippen molar-refractivity contribution < 1.29 is 9.53 Å². The fourth-order valence-electron chi connectivity index (χ4n) is 2.26. The van der Waals surface area contributed by atoms with Gasteiger partial charge in [0, 0.05) is 25.4 Å². The summed E-state index contributed by atoms with van der Waals surface area (Å²) in [5.41, 5.74) is 1.95. The van der Waals surface area contributed by atoms with Gasteiger partial charge in [-0.15, -0.1) is 6.58 Å². The molecule has 1 aromatic heterocycles. The summed E-state index contributed by atoms with van der Waals surface area (Å²) < 4.78 is 5.29. The molecule has 122 valence electrons. The lowest BCUT2D eigenvalue weighted by atomic mass is 10.1. The first-order valence-corrected chi connectivity index (χ1v) is 7.66. The Labute approximate surface area is 141 Å². The van der Waals surface area contributed by atoms with Gasteiger partial charge in [0.2, 0.25) is 5.88 Å². The molecule has 2 rings (SSSR count). The maximum atomic E-state index is 12.7. The predicted molar refractivity (Wildman–Crippen MR) is 91.5 cm³/mol. The van der Waals surface area contributed by atoms with Gasteiger partial charge in [-0.3, -0.25) is 4.79 Å². The highest BCUT2D eigenvalue weighted by Crippen LogP contribution is 2.13. The molecule has 0 aliphatic carbocycles. The van der Waals surface area contributed by atoms with Crippen molar-refractivity contribution in [3.8, 4) is 11.9 Å². The zero-order valence-electron chi connectivity index (χ0n) is 13.6. The SMILES string of the molecule is C=CCN(Cc1cccc(C#N)c1)C(=O)c1ccc(OCC)nc1. The zero-order valence-corrected chi connectivity index (χ0v) is 13.6. The van der Waals surface area contributed by atoms with Crippen LogP contribution in [0.5, 0.6) is 5.88 Å². The second-order valence-corrected chi connectivity index (χ2v) is 5.10. The second-order valence-electron chi connectivity index (χ2n) is 5.10. The summed E-state index contributed by atoms with van der Waals surface area (Å²) in [5.74, 6) is 0.346. The van der Waals surface area contributed by atoms with Crippen molar-refractivity contribution in [1.82, 2.24) is 9.88 Å². The van der Waals surface area contributed by atoms with Crippen molar-refractivity contribution in [2.45, 2.75) is 13.5 Å². The molecule has 5 heteroatoms. The van der Waals surface area contributed by atoms with Crippen LogP contribution < -0.4 is 4.74 Å². The van der Waals surface area contributed by atoms with Gasteiger partial charge in [-0.2, -0.15) is 5.26 Å². The Balaban J connectivity index is 2.17. The molecule has 0 bridgehead atoms. The highest BCUT2D eigenvalue weighted by atomic mass is 16.5. The number of hydrogen-bond acceptors (Lipinski definition) is 4. The maximum absolute atomic E-state index is 12.7. The minimum absolute atomic E-state index is 0.146. The standard InChI is InChI=1S/C19H19N3O2/c1-3-10-22(14-16-7-5-6-15(11-16)12-20)19(23)17-8-9-18(21-13-17)24-4-2/h3,5-9,11,13H,1,4,10,14H2,2H3. The van der Waals surface area contributed by atoms with Gasteiger partial charge in [-0.1, -0.05) is 18.2 Å². The average Bonchev–Trinajstić information content (AvgIpc) is 2.62. The third-order valence-corrected chi connectivity index (χ3v) is 3.34. The quantitative estimate of drug-likeness (QED) is 0.735. The first-order chi connectivity index (χ1) is 11.7. The third kappa shape index (κ3) is 4.43. The lowest BCUT2D eigenvalue weighted by Crippen LogP contribution is -2.30. The molecule has 0 radical (unpaired) electrons. The van der Waals surface area contributed by atoms with Crippen LogP contribution in [0.3, 0.4) is 0 Å². The van der Waals surface area contributed by atoms with Crippen LogP contribution in [0.4, 0.5) is 0 Å². The highest BCUT2D eigenvalue weighted by molar-refractivity contribution is 5.94. The minimum Gasteiger partial charge on any atom is -0.478 e. The summed E-state index contributed by atoms with van der Waals surface area (Å²) in [7, 11) is 0. The van der Waals surface area contributed by atoms with Crippen LogP contribution in [0.25, 0.3) is 0 Å². The number of aromatic nitrogens is 1. The van der Waals surface area contributed by atoms with Crippen LogP contribution in [-0.4, -0.2) is 28.9 Å². The number of hydrogen-bond donors (Lipinski definition) is 0. The molecule has 0 spiro atoms. The Hall–Kier alpha value is -3.13. The molecule has 0 aliphatic rings. The lowest BCUT2D eigenvalue weighted by Gasteiger charge is -2.21. The molecule has 0 unspecified atom stereocenters. The molecule has 24 heavy (non-hydrogen) atoms. The van der Waals surface area contributed by atoms with E-state index in [0.29, 0.717) is 36.7 Å². The van der Waals surface area contributed by atoms with Crippen molar-refractivity contribution in [2.24, 2.45) is 0 Å². The van der Waals surface area contributed by atoms with Gasteiger partial charge in [0.25, 0.3) is 5.91 Å². The van der Waals surface area contributed by atoms with E-state index in [9.17, 15) is 4.79 Å². The second kappa shape index (κ2) is 8.49. The number of benzene rings is 1. The first kappa shape index (κ1) is 17.2. The molecule has 0 saturated heterocycles. The summed E-state index contributed by atoms with van der Waals surface area (Å²) >= 11 is 0. The Bertz CT molecular complexity index is 748. The van der Waals surface area contributed by atoms with E-state index in [0.717, 1.165) is 5.56 Å². The van der Waals surface area contributed by atoms with Crippen molar-refractivity contribution in [1.29, 1.82) is 5.26 Å². The van der Waals surface area contributed by atoms with Crippen molar-refractivity contribution in [3.05, 3.63) is 71.9 Å². The number of nitrogens with zero attached hydrogens (tertiary/aromatic N) is 3. The molecule has 1 aromatic carbocycles. The normalized spacial score (nSPS) is 9.83. The number of carbonyl (C=O) groups is 1. The van der Waals surface area contributed by atoms with E-state index in [4.69, 9.17) is 10.00 Å². The molecule has 0 atom stereocenters. The van der Waals surface area contributed by atoms with E-state index in [1.165, 1.54) is 6.20 Å². The van der Waals surface area contributed by atoms with Gasteiger partial charge in [0.15, 0.2) is 0 Å². The number of rotatable bonds is 7. The fourth-order valence-corrected chi connectivity index (χ4v) is 2.26. The minimum atomic E-state index is -0.146. The van der Waals surface area contributed by atoms with E-state index < -0.39 is 0 Å². The van der Waals surface area contributed by atoms with Gasteiger partial charge in [0.1, 0.15) is 0 Å². The van der Waals surface area contributed by atoms with E-state index in [1.807, 2.05) is 19.1 Å². The Kier molecular flexibility index (Phi) is 6.09. The zero-order chi connectivity index (χ0) is 17.4. The number of carbonyl (C=O) groups excluding carboxylic acids is 1. The van der Waals surface area contributed by atoms with Crippen molar-refractivity contribution in [3.63, 3.8) is 0 Å². The number of ether oxygens (including phenoxy) is 1. The van der Waals surface area contributed by atoms with Crippen LogP contribution in [0.2, 0.25) is 0 Å². The van der Waals surface area contributed by atoms with Crippen LogP contribution in [0, 0.1) is 11.3 Å². The molecule has 1 amide bonds. The predicted octanol–water partition coefficient (Wildman–Crippen LogP) is 3.18. The topological polar surface area (TPSA) is 66.2 Å². The number of pyridine rings is 1.